The van der Waals surface area contributed by atoms with Crippen LogP contribution in [0.1, 0.15) is 32.0 Å². The topological polar surface area (TPSA) is 85.1 Å². The predicted molar refractivity (Wildman–Crippen MR) is 89.3 cm³/mol. The minimum atomic E-state index is -0.530. The van der Waals surface area contributed by atoms with Crippen molar-refractivity contribution in [3.8, 4) is 0 Å². The van der Waals surface area contributed by atoms with Crippen LogP contribution in [0.25, 0.3) is 0 Å². The number of nitrogens with one attached hydrogen (secondary N) is 1. The van der Waals surface area contributed by atoms with E-state index in [1.165, 1.54) is 0 Å². The van der Waals surface area contributed by atoms with E-state index in [0.717, 1.165) is 11.3 Å². The Hall–Kier alpha value is -1.83. The van der Waals surface area contributed by atoms with E-state index in [-0.39, 0.29) is 17.6 Å². The number of nitrogens with zero attached hydrogens (tertiary/aromatic N) is 4. The molecule has 130 valence electrons. The van der Waals surface area contributed by atoms with Crippen molar-refractivity contribution in [2.45, 2.75) is 57.5 Å². The lowest BCUT2D eigenvalue weighted by Gasteiger charge is -2.21. The van der Waals surface area contributed by atoms with E-state index in [2.05, 4.69) is 41.4 Å². The lowest BCUT2D eigenvalue weighted by molar-refractivity contribution is 0.0741. The minimum Gasteiger partial charge on any atom is -0.389 e. The fraction of sp³-hybridized carbons (Fsp3) is 0.588. The van der Waals surface area contributed by atoms with Crippen LogP contribution in [0.5, 0.6) is 0 Å². The molecular formula is C17H25N5O2. The maximum absolute atomic E-state index is 10.2. The van der Waals surface area contributed by atoms with Crippen LogP contribution in [-0.4, -0.2) is 49.9 Å². The molecule has 1 aliphatic heterocycles. The highest BCUT2D eigenvalue weighted by atomic mass is 16.5. The molecule has 2 aromatic heterocycles. The van der Waals surface area contributed by atoms with Crippen LogP contribution in [0.4, 0.5) is 0 Å². The van der Waals surface area contributed by atoms with Crippen molar-refractivity contribution >= 4 is 0 Å². The lowest BCUT2D eigenvalue weighted by Crippen LogP contribution is -2.45. The summed E-state index contributed by atoms with van der Waals surface area (Å²) in [6.45, 7) is 7.85. The highest BCUT2D eigenvalue weighted by Crippen LogP contribution is 2.20. The van der Waals surface area contributed by atoms with Crippen LogP contribution in [0.3, 0.4) is 0 Å². The van der Waals surface area contributed by atoms with E-state index in [0.29, 0.717) is 19.7 Å². The van der Waals surface area contributed by atoms with E-state index in [4.69, 9.17) is 4.74 Å². The monoisotopic (exact) mass is 331 g/mol. The fourth-order valence-corrected chi connectivity index (χ4v) is 2.77. The van der Waals surface area contributed by atoms with Gasteiger partial charge in [-0.05, 0) is 11.6 Å². The second-order valence-corrected chi connectivity index (χ2v) is 7.28. The maximum Gasteiger partial charge on any atom is 0.0952 e. The molecule has 3 rings (SSSR count). The molecule has 1 aliphatic rings. The third kappa shape index (κ3) is 3.98. The van der Waals surface area contributed by atoms with E-state index >= 15 is 0 Å². The zero-order valence-corrected chi connectivity index (χ0v) is 14.4. The van der Waals surface area contributed by atoms with E-state index in [9.17, 15) is 5.11 Å². The zero-order valence-electron chi connectivity index (χ0n) is 14.4. The third-order valence-corrected chi connectivity index (χ3v) is 4.23. The highest BCUT2D eigenvalue weighted by Gasteiger charge is 2.36. The lowest BCUT2D eigenvalue weighted by atomic mass is 9.93. The van der Waals surface area contributed by atoms with Gasteiger partial charge in [-0.3, -0.25) is 4.98 Å². The summed E-state index contributed by atoms with van der Waals surface area (Å²) in [7, 11) is 0. The number of hydrogen-bond acceptors (Lipinski definition) is 6. The first-order valence-corrected chi connectivity index (χ1v) is 8.26. The Balaban J connectivity index is 1.62. The second-order valence-electron chi connectivity index (χ2n) is 7.28. The Labute approximate surface area is 142 Å². The molecule has 2 N–H and O–H groups in total. The standard InChI is InChI=1S/C17H25N5O2/c1-17(2,3)15-10-22(21-20-15)9-14-16(13(23)11-24-14)19-8-12-5-4-6-18-7-12/h4-7,10,13-14,16,19,23H,8-9,11H2,1-3H3/t13-,14+,16+/m0/s1. The van der Waals surface area contributed by atoms with Gasteiger partial charge in [0, 0.05) is 30.6 Å². The Morgan fingerprint density at radius 1 is 1.42 bits per heavy atom. The SMILES string of the molecule is CC(C)(C)c1cn(C[C@H]2OC[C@H](O)[C@H]2NCc2cccnc2)nn1. The van der Waals surface area contributed by atoms with Crippen molar-refractivity contribution < 1.29 is 9.84 Å². The predicted octanol–water partition coefficient (Wildman–Crippen LogP) is 0.889. The van der Waals surface area contributed by atoms with Gasteiger partial charge in [0.2, 0.25) is 0 Å². The molecule has 0 saturated carbocycles. The molecule has 3 atom stereocenters. The highest BCUT2D eigenvalue weighted by molar-refractivity contribution is 5.09. The van der Waals surface area contributed by atoms with E-state index in [1.807, 2.05) is 24.5 Å². The zero-order chi connectivity index (χ0) is 17.2. The second kappa shape index (κ2) is 6.96. The molecular weight excluding hydrogens is 306 g/mol. The summed E-state index contributed by atoms with van der Waals surface area (Å²) in [5, 5.41) is 22.0. The van der Waals surface area contributed by atoms with Gasteiger partial charge in [-0.1, -0.05) is 32.1 Å². The third-order valence-electron chi connectivity index (χ3n) is 4.23. The van der Waals surface area contributed by atoms with Gasteiger partial charge in [-0.15, -0.1) is 5.10 Å². The van der Waals surface area contributed by atoms with Crippen LogP contribution >= 0.6 is 0 Å². The molecule has 24 heavy (non-hydrogen) atoms. The Morgan fingerprint density at radius 3 is 2.92 bits per heavy atom. The average Bonchev–Trinajstić information content (AvgIpc) is 3.14. The molecule has 3 heterocycles. The molecule has 1 fully saturated rings. The van der Waals surface area contributed by atoms with Gasteiger partial charge in [0.05, 0.1) is 37.1 Å². The molecule has 2 aromatic rings. The number of hydrogen-bond donors (Lipinski definition) is 2. The van der Waals surface area contributed by atoms with Crippen LogP contribution in [-0.2, 0) is 23.2 Å². The summed E-state index contributed by atoms with van der Waals surface area (Å²) < 4.78 is 7.54. The first-order valence-electron chi connectivity index (χ1n) is 8.26. The number of rotatable bonds is 5. The number of aliphatic hydroxyl groups excluding tert-OH is 1. The molecule has 0 unspecified atom stereocenters. The van der Waals surface area contributed by atoms with Crippen molar-refractivity contribution in [1.82, 2.24) is 25.3 Å². The molecule has 1 saturated heterocycles. The van der Waals surface area contributed by atoms with Crippen molar-refractivity contribution in [3.63, 3.8) is 0 Å². The molecule has 7 heteroatoms. The molecule has 0 spiro atoms. The summed E-state index contributed by atoms with van der Waals surface area (Å²) in [5.74, 6) is 0. The van der Waals surface area contributed by atoms with Gasteiger partial charge in [0.15, 0.2) is 0 Å². The van der Waals surface area contributed by atoms with Gasteiger partial charge in [-0.2, -0.15) is 0 Å². The largest absolute Gasteiger partial charge is 0.389 e. The molecule has 0 amide bonds. The van der Waals surface area contributed by atoms with Crippen LogP contribution < -0.4 is 5.32 Å². The average molecular weight is 331 g/mol. The van der Waals surface area contributed by atoms with E-state index in [1.54, 1.807) is 10.9 Å². The summed E-state index contributed by atoms with van der Waals surface area (Å²) in [6, 6.07) is 3.76. The summed E-state index contributed by atoms with van der Waals surface area (Å²) in [5.41, 5.74) is 1.98. The summed E-state index contributed by atoms with van der Waals surface area (Å²) in [6.07, 6.45) is 4.84. The quantitative estimate of drug-likeness (QED) is 0.846. The number of ether oxygens (including phenoxy) is 1. The fourth-order valence-electron chi connectivity index (χ4n) is 2.77. The Morgan fingerprint density at radius 2 is 2.25 bits per heavy atom. The van der Waals surface area contributed by atoms with Gasteiger partial charge >= 0.3 is 0 Å². The first-order chi connectivity index (χ1) is 11.4. The molecule has 0 aromatic carbocycles. The summed E-state index contributed by atoms with van der Waals surface area (Å²) in [4.78, 5) is 4.11. The first kappa shape index (κ1) is 17.0. The van der Waals surface area contributed by atoms with E-state index < -0.39 is 6.10 Å². The number of pyridine rings is 1. The smallest absolute Gasteiger partial charge is 0.0952 e. The minimum absolute atomic E-state index is 0.0355. The Bertz CT molecular complexity index is 653. The van der Waals surface area contributed by atoms with Crippen molar-refractivity contribution in [3.05, 3.63) is 42.0 Å². The molecule has 0 aliphatic carbocycles. The molecule has 7 nitrogen and oxygen atoms in total. The number of aliphatic hydroxyl groups is 1. The van der Waals surface area contributed by atoms with Gasteiger partial charge in [0.25, 0.3) is 0 Å². The van der Waals surface area contributed by atoms with Crippen molar-refractivity contribution in [2.24, 2.45) is 0 Å². The molecule has 0 radical (unpaired) electrons. The van der Waals surface area contributed by atoms with Crippen molar-refractivity contribution in [1.29, 1.82) is 0 Å². The Kier molecular flexibility index (Phi) is 4.93. The summed E-state index contributed by atoms with van der Waals surface area (Å²) >= 11 is 0. The molecule has 0 bridgehead atoms. The van der Waals surface area contributed by atoms with Crippen LogP contribution in [0.15, 0.2) is 30.7 Å². The normalized spacial score (nSPS) is 24.4. The van der Waals surface area contributed by atoms with Crippen LogP contribution in [0, 0.1) is 0 Å². The maximum atomic E-state index is 10.2. The van der Waals surface area contributed by atoms with Gasteiger partial charge in [0.1, 0.15) is 0 Å². The van der Waals surface area contributed by atoms with Gasteiger partial charge in [-0.25, -0.2) is 4.68 Å². The van der Waals surface area contributed by atoms with Crippen molar-refractivity contribution in [2.75, 3.05) is 6.61 Å². The van der Waals surface area contributed by atoms with Crippen LogP contribution in [0.2, 0.25) is 0 Å². The number of aromatic nitrogens is 4. The van der Waals surface area contributed by atoms with Gasteiger partial charge < -0.3 is 15.2 Å².